The molecule has 1 saturated heterocycles. The van der Waals surface area contributed by atoms with E-state index >= 15 is 0 Å². The van der Waals surface area contributed by atoms with Gasteiger partial charge in [-0.25, -0.2) is 0 Å². The van der Waals surface area contributed by atoms with Gasteiger partial charge in [-0.3, -0.25) is 9.69 Å². The number of rotatable bonds is 4. The van der Waals surface area contributed by atoms with Crippen LogP contribution in [0.4, 0.5) is 14.5 Å². The molecule has 1 aliphatic rings. The molecule has 1 amide bonds. The van der Waals surface area contributed by atoms with Gasteiger partial charge in [0.2, 0.25) is 0 Å². The SMILES string of the molecule is O=C(Nc1ccccc1CN1CCCC1)C(F)F. The van der Waals surface area contributed by atoms with Gasteiger partial charge in [-0.2, -0.15) is 8.78 Å². The Kier molecular flexibility index (Phi) is 4.25. The molecule has 3 nitrogen and oxygen atoms in total. The Bertz CT molecular complexity index is 417. The van der Waals surface area contributed by atoms with Crippen LogP contribution in [0.5, 0.6) is 0 Å². The highest BCUT2D eigenvalue weighted by atomic mass is 19.3. The summed E-state index contributed by atoms with van der Waals surface area (Å²) in [6.45, 7) is 2.74. The Labute approximate surface area is 105 Å². The quantitative estimate of drug-likeness (QED) is 0.895. The van der Waals surface area contributed by atoms with E-state index in [0.717, 1.165) is 18.7 Å². The molecule has 0 aliphatic carbocycles. The second-order valence-corrected chi connectivity index (χ2v) is 4.43. The van der Waals surface area contributed by atoms with Gasteiger partial charge in [0.1, 0.15) is 0 Å². The monoisotopic (exact) mass is 254 g/mol. The molecule has 0 unspecified atom stereocenters. The fraction of sp³-hybridized carbons (Fsp3) is 0.462. The van der Waals surface area contributed by atoms with Crippen molar-refractivity contribution < 1.29 is 13.6 Å². The van der Waals surface area contributed by atoms with E-state index in [1.807, 2.05) is 12.1 Å². The first-order valence-corrected chi connectivity index (χ1v) is 6.06. The average molecular weight is 254 g/mol. The molecule has 0 atom stereocenters. The van der Waals surface area contributed by atoms with Crippen molar-refractivity contribution in [3.8, 4) is 0 Å². The first-order valence-electron chi connectivity index (χ1n) is 6.06. The average Bonchev–Trinajstić information content (AvgIpc) is 2.84. The second-order valence-electron chi connectivity index (χ2n) is 4.43. The van der Waals surface area contributed by atoms with Crippen molar-refractivity contribution in [2.75, 3.05) is 18.4 Å². The van der Waals surface area contributed by atoms with Crippen molar-refractivity contribution in [3.63, 3.8) is 0 Å². The summed E-state index contributed by atoms with van der Waals surface area (Å²) in [6.07, 6.45) is -0.637. The summed E-state index contributed by atoms with van der Waals surface area (Å²) in [5.41, 5.74) is 1.36. The lowest BCUT2D eigenvalue weighted by Gasteiger charge is -2.17. The summed E-state index contributed by atoms with van der Waals surface area (Å²) >= 11 is 0. The van der Waals surface area contributed by atoms with Gasteiger partial charge in [-0.15, -0.1) is 0 Å². The molecular formula is C13H16F2N2O. The molecule has 0 spiro atoms. The van der Waals surface area contributed by atoms with Crippen LogP contribution < -0.4 is 5.32 Å². The van der Waals surface area contributed by atoms with Crippen LogP contribution in [-0.2, 0) is 11.3 Å². The van der Waals surface area contributed by atoms with Gasteiger partial charge < -0.3 is 5.32 Å². The highest BCUT2D eigenvalue weighted by molar-refractivity contribution is 5.93. The summed E-state index contributed by atoms with van der Waals surface area (Å²) in [6, 6.07) is 7.10. The third-order valence-electron chi connectivity index (χ3n) is 3.07. The largest absolute Gasteiger partial charge is 0.321 e. The lowest BCUT2D eigenvalue weighted by Crippen LogP contribution is -2.23. The highest BCUT2D eigenvalue weighted by Gasteiger charge is 2.18. The molecule has 0 aromatic heterocycles. The van der Waals surface area contributed by atoms with Crippen LogP contribution in [0, 0.1) is 0 Å². The summed E-state index contributed by atoms with van der Waals surface area (Å²) in [7, 11) is 0. The van der Waals surface area contributed by atoms with Crippen LogP contribution in [-0.4, -0.2) is 30.3 Å². The molecule has 1 fully saturated rings. The minimum absolute atomic E-state index is 0.481. The number of benzene rings is 1. The van der Waals surface area contributed by atoms with Crippen LogP contribution in [0.3, 0.4) is 0 Å². The Morgan fingerprint density at radius 1 is 1.28 bits per heavy atom. The summed E-state index contributed by atoms with van der Waals surface area (Å²) < 4.78 is 24.5. The van der Waals surface area contributed by atoms with E-state index < -0.39 is 12.3 Å². The smallest absolute Gasteiger partial charge is 0.315 e. The first kappa shape index (κ1) is 13.0. The van der Waals surface area contributed by atoms with Crippen molar-refractivity contribution in [2.24, 2.45) is 0 Å². The molecular weight excluding hydrogens is 238 g/mol. The fourth-order valence-corrected chi connectivity index (χ4v) is 2.15. The van der Waals surface area contributed by atoms with E-state index in [4.69, 9.17) is 0 Å². The maximum atomic E-state index is 12.2. The van der Waals surface area contributed by atoms with Crippen LogP contribution in [0.15, 0.2) is 24.3 Å². The van der Waals surface area contributed by atoms with Gasteiger partial charge in [0.05, 0.1) is 0 Å². The number of alkyl halides is 2. The Morgan fingerprint density at radius 2 is 1.94 bits per heavy atom. The number of para-hydroxylation sites is 1. The van der Waals surface area contributed by atoms with Gasteiger partial charge >= 0.3 is 6.43 Å². The minimum atomic E-state index is -2.98. The Balaban J connectivity index is 2.07. The third-order valence-corrected chi connectivity index (χ3v) is 3.07. The zero-order valence-electron chi connectivity index (χ0n) is 10.0. The summed E-state index contributed by atoms with van der Waals surface area (Å²) in [4.78, 5) is 13.3. The lowest BCUT2D eigenvalue weighted by molar-refractivity contribution is -0.126. The van der Waals surface area contributed by atoms with Crippen molar-refractivity contribution in [1.29, 1.82) is 0 Å². The normalized spacial score (nSPS) is 16.2. The molecule has 18 heavy (non-hydrogen) atoms. The molecule has 1 aromatic rings. The molecule has 1 heterocycles. The van der Waals surface area contributed by atoms with E-state index in [9.17, 15) is 13.6 Å². The number of halogens is 2. The summed E-state index contributed by atoms with van der Waals surface area (Å²) in [5.74, 6) is -1.25. The van der Waals surface area contributed by atoms with Gasteiger partial charge in [0.15, 0.2) is 0 Å². The van der Waals surface area contributed by atoms with Gasteiger partial charge in [-0.05, 0) is 37.6 Å². The highest BCUT2D eigenvalue weighted by Crippen LogP contribution is 2.20. The van der Waals surface area contributed by atoms with Crippen molar-refractivity contribution in [1.82, 2.24) is 4.90 Å². The van der Waals surface area contributed by atoms with E-state index in [1.54, 1.807) is 12.1 Å². The number of nitrogens with one attached hydrogen (secondary N) is 1. The molecule has 1 N–H and O–H groups in total. The van der Waals surface area contributed by atoms with Crippen LogP contribution in [0.25, 0.3) is 0 Å². The zero-order valence-corrected chi connectivity index (χ0v) is 10.0. The molecule has 5 heteroatoms. The van der Waals surface area contributed by atoms with Gasteiger partial charge in [0.25, 0.3) is 5.91 Å². The van der Waals surface area contributed by atoms with Crippen molar-refractivity contribution >= 4 is 11.6 Å². The van der Waals surface area contributed by atoms with E-state index in [1.165, 1.54) is 12.8 Å². The van der Waals surface area contributed by atoms with Crippen molar-refractivity contribution in [3.05, 3.63) is 29.8 Å². The topological polar surface area (TPSA) is 32.3 Å². The first-order chi connectivity index (χ1) is 8.66. The predicted octanol–water partition coefficient (Wildman–Crippen LogP) is 2.49. The van der Waals surface area contributed by atoms with E-state index in [-0.39, 0.29) is 0 Å². The number of carbonyl (C=O) groups excluding carboxylic acids is 1. The Morgan fingerprint density at radius 3 is 2.61 bits per heavy atom. The third kappa shape index (κ3) is 3.26. The maximum Gasteiger partial charge on any atom is 0.315 e. The minimum Gasteiger partial charge on any atom is -0.321 e. The number of hydrogen-bond acceptors (Lipinski definition) is 2. The van der Waals surface area contributed by atoms with Crippen LogP contribution >= 0.6 is 0 Å². The molecule has 1 aliphatic heterocycles. The number of carbonyl (C=O) groups is 1. The molecule has 2 rings (SSSR count). The van der Waals surface area contributed by atoms with E-state index in [2.05, 4.69) is 10.2 Å². The predicted molar refractivity (Wildman–Crippen MR) is 65.6 cm³/mol. The number of anilines is 1. The lowest BCUT2D eigenvalue weighted by atomic mass is 10.1. The Hall–Kier alpha value is -1.49. The maximum absolute atomic E-state index is 12.2. The standard InChI is InChI=1S/C13H16F2N2O/c14-12(15)13(18)16-11-6-2-1-5-10(11)9-17-7-3-4-8-17/h1-2,5-6,12H,3-4,7-9H2,(H,16,18). The van der Waals surface area contributed by atoms with Crippen LogP contribution in [0.2, 0.25) is 0 Å². The number of likely N-dealkylation sites (tertiary alicyclic amines) is 1. The van der Waals surface area contributed by atoms with E-state index in [0.29, 0.717) is 12.2 Å². The number of amides is 1. The summed E-state index contributed by atoms with van der Waals surface area (Å²) in [5, 5.41) is 2.27. The fourth-order valence-electron chi connectivity index (χ4n) is 2.15. The van der Waals surface area contributed by atoms with Gasteiger partial charge in [-0.1, -0.05) is 18.2 Å². The molecule has 1 aromatic carbocycles. The zero-order chi connectivity index (χ0) is 13.0. The van der Waals surface area contributed by atoms with Crippen LogP contribution in [0.1, 0.15) is 18.4 Å². The second kappa shape index (κ2) is 5.91. The molecule has 0 radical (unpaired) electrons. The molecule has 98 valence electrons. The number of nitrogens with zero attached hydrogens (tertiary/aromatic N) is 1. The molecule has 0 saturated carbocycles. The molecule has 0 bridgehead atoms. The van der Waals surface area contributed by atoms with Gasteiger partial charge in [0, 0.05) is 12.2 Å². The van der Waals surface area contributed by atoms with Crippen molar-refractivity contribution in [2.45, 2.75) is 25.8 Å². The number of hydrogen-bond donors (Lipinski definition) is 1.